The average Bonchev–Trinajstić information content (AvgIpc) is 2.55. The molecule has 0 heterocycles. The molecular weight excluding hydrogens is 456 g/mol. The minimum Gasteiger partial charge on any atom is -0.506 e. The molecule has 6 nitrogen and oxygen atoms in total. The van der Waals surface area contributed by atoms with Crippen molar-refractivity contribution in [3.8, 4) is 17.2 Å². The third kappa shape index (κ3) is 5.20. The number of phenolic OH excluding ortho intramolecular Hbond substituents is 2. The van der Waals surface area contributed by atoms with Crippen LogP contribution in [-0.2, 0) is 4.79 Å². The van der Waals surface area contributed by atoms with E-state index >= 15 is 0 Å². The van der Waals surface area contributed by atoms with Crippen LogP contribution >= 0.6 is 31.9 Å². The Kier molecular flexibility index (Phi) is 6.44. The second-order valence-corrected chi connectivity index (χ2v) is 7.01. The first-order valence-corrected chi connectivity index (χ1v) is 8.79. The van der Waals surface area contributed by atoms with Gasteiger partial charge in [-0.05, 0) is 75.0 Å². The van der Waals surface area contributed by atoms with Crippen LogP contribution in [0.3, 0.4) is 0 Å². The van der Waals surface area contributed by atoms with Gasteiger partial charge in [-0.2, -0.15) is 5.10 Å². The number of hydrazone groups is 1. The number of nitrogens with zero attached hydrogens (tertiary/aromatic N) is 1. The molecule has 2 aromatic carbocycles. The van der Waals surface area contributed by atoms with Gasteiger partial charge in [-0.15, -0.1) is 0 Å². The fraction of sp³-hybridized carbons (Fsp3) is 0.176. The molecular formula is C17H16Br2N2O4. The van der Waals surface area contributed by atoms with Crippen molar-refractivity contribution < 1.29 is 19.7 Å². The molecule has 0 fully saturated rings. The maximum atomic E-state index is 11.8. The number of rotatable bonds is 5. The molecule has 0 bridgehead atoms. The molecule has 132 valence electrons. The summed E-state index contributed by atoms with van der Waals surface area (Å²) in [5.41, 5.74) is 4.72. The van der Waals surface area contributed by atoms with Crippen molar-refractivity contribution in [3.63, 3.8) is 0 Å². The molecule has 25 heavy (non-hydrogen) atoms. The van der Waals surface area contributed by atoms with Crippen molar-refractivity contribution >= 4 is 44.0 Å². The molecule has 0 aliphatic carbocycles. The summed E-state index contributed by atoms with van der Waals surface area (Å²) >= 11 is 6.22. The highest BCUT2D eigenvalue weighted by molar-refractivity contribution is 9.11. The van der Waals surface area contributed by atoms with Crippen LogP contribution in [0.2, 0.25) is 0 Å². The van der Waals surface area contributed by atoms with Crippen LogP contribution in [0.25, 0.3) is 0 Å². The zero-order valence-corrected chi connectivity index (χ0v) is 16.7. The van der Waals surface area contributed by atoms with Gasteiger partial charge in [-0.3, -0.25) is 4.79 Å². The van der Waals surface area contributed by atoms with Gasteiger partial charge in [0.1, 0.15) is 21.7 Å². The van der Waals surface area contributed by atoms with E-state index in [1.54, 1.807) is 0 Å². The van der Waals surface area contributed by atoms with Gasteiger partial charge < -0.3 is 14.9 Å². The zero-order valence-electron chi connectivity index (χ0n) is 13.5. The average molecular weight is 472 g/mol. The summed E-state index contributed by atoms with van der Waals surface area (Å²) < 4.78 is 5.94. The monoisotopic (exact) mass is 470 g/mol. The summed E-state index contributed by atoms with van der Waals surface area (Å²) in [5.74, 6) is -0.141. The SMILES string of the molecule is Cc1cc(C)cc(OCC(=O)N/N=C/c2cc(Br)c(O)c(Br)c2O)c1. The lowest BCUT2D eigenvalue weighted by Gasteiger charge is -2.08. The lowest BCUT2D eigenvalue weighted by molar-refractivity contribution is -0.123. The third-order valence-electron chi connectivity index (χ3n) is 3.16. The van der Waals surface area contributed by atoms with Crippen molar-refractivity contribution in [2.24, 2.45) is 5.10 Å². The Morgan fingerprint density at radius 2 is 1.80 bits per heavy atom. The Labute approximate surface area is 161 Å². The van der Waals surface area contributed by atoms with Gasteiger partial charge in [-0.25, -0.2) is 5.43 Å². The lowest BCUT2D eigenvalue weighted by atomic mass is 10.1. The quantitative estimate of drug-likeness (QED) is 0.457. The number of aryl methyl sites for hydroxylation is 2. The smallest absolute Gasteiger partial charge is 0.277 e. The molecule has 0 spiro atoms. The molecule has 0 aliphatic rings. The first kappa shape index (κ1) is 19.3. The summed E-state index contributed by atoms with van der Waals surface area (Å²) in [5, 5.41) is 23.3. The van der Waals surface area contributed by atoms with Gasteiger partial charge in [0.15, 0.2) is 6.61 Å². The number of halogens is 2. The zero-order chi connectivity index (χ0) is 18.6. The normalized spacial score (nSPS) is 10.9. The number of amides is 1. The number of carbonyl (C=O) groups excluding carboxylic acids is 1. The van der Waals surface area contributed by atoms with E-state index in [-0.39, 0.29) is 22.6 Å². The summed E-state index contributed by atoms with van der Waals surface area (Å²) in [4.78, 5) is 11.8. The van der Waals surface area contributed by atoms with Crippen molar-refractivity contribution in [1.29, 1.82) is 0 Å². The molecule has 0 aromatic heterocycles. The van der Waals surface area contributed by atoms with Crippen LogP contribution in [-0.4, -0.2) is 28.9 Å². The maximum Gasteiger partial charge on any atom is 0.277 e. The maximum absolute atomic E-state index is 11.8. The Bertz CT molecular complexity index is 818. The summed E-state index contributed by atoms with van der Waals surface area (Å²) in [6.07, 6.45) is 1.26. The van der Waals surface area contributed by atoms with Crippen LogP contribution in [0.4, 0.5) is 0 Å². The van der Waals surface area contributed by atoms with E-state index in [0.29, 0.717) is 15.8 Å². The largest absolute Gasteiger partial charge is 0.506 e. The Hall–Kier alpha value is -2.06. The molecule has 0 atom stereocenters. The number of hydrogen-bond acceptors (Lipinski definition) is 5. The van der Waals surface area contributed by atoms with Crippen molar-refractivity contribution in [2.75, 3.05) is 6.61 Å². The summed E-state index contributed by atoms with van der Waals surface area (Å²) in [6.45, 7) is 3.71. The first-order valence-electron chi connectivity index (χ1n) is 7.21. The Balaban J connectivity index is 1.95. The van der Waals surface area contributed by atoms with Gasteiger partial charge in [0.05, 0.1) is 10.7 Å². The predicted molar refractivity (Wildman–Crippen MR) is 102 cm³/mol. The van der Waals surface area contributed by atoms with E-state index in [1.807, 2.05) is 32.0 Å². The highest BCUT2D eigenvalue weighted by Crippen LogP contribution is 2.40. The van der Waals surface area contributed by atoms with Crippen LogP contribution in [0.5, 0.6) is 17.2 Å². The second kappa shape index (κ2) is 8.35. The minimum atomic E-state index is -0.438. The number of carbonyl (C=O) groups is 1. The van der Waals surface area contributed by atoms with Crippen LogP contribution in [0, 0.1) is 13.8 Å². The van der Waals surface area contributed by atoms with Crippen LogP contribution in [0.1, 0.15) is 16.7 Å². The number of benzene rings is 2. The molecule has 2 aromatic rings. The molecule has 1 amide bonds. The number of aromatic hydroxyl groups is 2. The van der Waals surface area contributed by atoms with Gasteiger partial charge in [0.2, 0.25) is 0 Å². The van der Waals surface area contributed by atoms with E-state index < -0.39 is 5.91 Å². The summed E-state index contributed by atoms with van der Waals surface area (Å²) in [7, 11) is 0. The molecule has 8 heteroatoms. The number of phenols is 2. The molecule has 0 saturated carbocycles. The number of hydrogen-bond donors (Lipinski definition) is 3. The molecule has 0 radical (unpaired) electrons. The first-order chi connectivity index (χ1) is 11.8. The molecule has 0 unspecified atom stereocenters. The number of nitrogens with one attached hydrogen (secondary N) is 1. The standard InChI is InChI=1S/C17H16Br2N2O4/c1-9-3-10(2)5-12(4-9)25-8-14(22)21-20-7-11-6-13(18)17(24)15(19)16(11)23/h3-7,23-24H,8H2,1-2H3,(H,21,22)/b20-7+. The Morgan fingerprint density at radius 1 is 1.16 bits per heavy atom. The van der Waals surface area contributed by atoms with Crippen LogP contribution < -0.4 is 10.2 Å². The van der Waals surface area contributed by atoms with E-state index in [1.165, 1.54) is 12.3 Å². The molecule has 3 N–H and O–H groups in total. The number of ether oxygens (including phenoxy) is 1. The molecule has 0 saturated heterocycles. The van der Waals surface area contributed by atoms with E-state index in [2.05, 4.69) is 42.4 Å². The third-order valence-corrected chi connectivity index (χ3v) is 4.51. The Morgan fingerprint density at radius 3 is 2.44 bits per heavy atom. The lowest BCUT2D eigenvalue weighted by Crippen LogP contribution is -2.24. The van der Waals surface area contributed by atoms with Gasteiger partial charge >= 0.3 is 0 Å². The fourth-order valence-electron chi connectivity index (χ4n) is 2.09. The van der Waals surface area contributed by atoms with Gasteiger partial charge in [0, 0.05) is 5.56 Å². The minimum absolute atomic E-state index is 0.125. The molecule has 0 aliphatic heterocycles. The van der Waals surface area contributed by atoms with Crippen molar-refractivity contribution in [3.05, 3.63) is 49.9 Å². The van der Waals surface area contributed by atoms with Gasteiger partial charge in [-0.1, -0.05) is 6.07 Å². The highest BCUT2D eigenvalue weighted by atomic mass is 79.9. The van der Waals surface area contributed by atoms with E-state index in [4.69, 9.17) is 4.74 Å². The highest BCUT2D eigenvalue weighted by Gasteiger charge is 2.12. The van der Waals surface area contributed by atoms with Crippen molar-refractivity contribution in [2.45, 2.75) is 13.8 Å². The van der Waals surface area contributed by atoms with Crippen molar-refractivity contribution in [1.82, 2.24) is 5.43 Å². The molecule has 2 rings (SSSR count). The van der Waals surface area contributed by atoms with Crippen LogP contribution in [0.15, 0.2) is 38.3 Å². The predicted octanol–water partition coefficient (Wildman–Crippen LogP) is 3.77. The summed E-state index contributed by atoms with van der Waals surface area (Å²) in [6, 6.07) is 7.16. The van der Waals surface area contributed by atoms with E-state index in [0.717, 1.165) is 11.1 Å². The topological polar surface area (TPSA) is 91.2 Å². The van der Waals surface area contributed by atoms with E-state index in [9.17, 15) is 15.0 Å². The second-order valence-electron chi connectivity index (χ2n) is 5.36. The fourth-order valence-corrected chi connectivity index (χ4v) is 3.24. The van der Waals surface area contributed by atoms with Gasteiger partial charge in [0.25, 0.3) is 5.91 Å².